The number of anilines is 1. The van der Waals surface area contributed by atoms with Crippen molar-refractivity contribution in [2.45, 2.75) is 34.1 Å². The normalized spacial score (nSPS) is 24.3. The van der Waals surface area contributed by atoms with E-state index in [1.807, 2.05) is 13.8 Å². The number of aryl methyl sites for hydroxylation is 1. The number of ether oxygens (including phenoxy) is 1. The highest BCUT2D eigenvalue weighted by atomic mass is 32.1. The van der Waals surface area contributed by atoms with Crippen molar-refractivity contribution in [1.29, 1.82) is 0 Å². The van der Waals surface area contributed by atoms with Gasteiger partial charge < -0.3 is 15.0 Å². The molecule has 1 saturated heterocycles. The number of esters is 1. The summed E-state index contributed by atoms with van der Waals surface area (Å²) in [5, 5.41) is 3.53. The van der Waals surface area contributed by atoms with E-state index in [0.717, 1.165) is 23.5 Å². The molecule has 3 atom stereocenters. The fraction of sp³-hybridized carbons (Fsp3) is 0.647. The lowest BCUT2D eigenvalue weighted by Gasteiger charge is -2.31. The predicted octanol–water partition coefficient (Wildman–Crippen LogP) is 1.65. The highest BCUT2D eigenvalue weighted by Crippen LogP contribution is 2.32. The number of piperidine rings is 1. The molecule has 1 fully saturated rings. The summed E-state index contributed by atoms with van der Waals surface area (Å²) in [7, 11) is 1.36. The number of nitrogens with one attached hydrogen (secondary N) is 2. The van der Waals surface area contributed by atoms with Crippen LogP contribution in [0.3, 0.4) is 0 Å². The van der Waals surface area contributed by atoms with Crippen molar-refractivity contribution in [3.63, 3.8) is 0 Å². The lowest BCUT2D eigenvalue weighted by molar-refractivity contribution is -0.904. The fourth-order valence-electron chi connectivity index (χ4n) is 3.53. The van der Waals surface area contributed by atoms with Gasteiger partial charge in [-0.15, -0.1) is 11.3 Å². The van der Waals surface area contributed by atoms with Crippen LogP contribution >= 0.6 is 11.3 Å². The van der Waals surface area contributed by atoms with Crippen molar-refractivity contribution in [2.75, 3.05) is 32.1 Å². The maximum absolute atomic E-state index is 12.4. The zero-order valence-corrected chi connectivity index (χ0v) is 15.4. The fourth-order valence-corrected chi connectivity index (χ4v) is 4.59. The highest BCUT2D eigenvalue weighted by Gasteiger charge is 2.28. The van der Waals surface area contributed by atoms with Gasteiger partial charge in [-0.25, -0.2) is 4.79 Å². The molecule has 1 unspecified atom stereocenters. The molecule has 0 aliphatic carbocycles. The molecule has 1 amide bonds. The van der Waals surface area contributed by atoms with E-state index < -0.39 is 5.97 Å². The van der Waals surface area contributed by atoms with E-state index in [4.69, 9.17) is 4.74 Å². The van der Waals surface area contributed by atoms with Gasteiger partial charge in [-0.2, -0.15) is 0 Å². The van der Waals surface area contributed by atoms with Gasteiger partial charge in [0.2, 0.25) is 0 Å². The van der Waals surface area contributed by atoms with Gasteiger partial charge in [-0.3, -0.25) is 4.79 Å². The molecule has 1 aliphatic rings. The highest BCUT2D eigenvalue weighted by molar-refractivity contribution is 7.16. The van der Waals surface area contributed by atoms with Crippen LogP contribution in [0, 0.1) is 25.7 Å². The number of hydrogen-bond acceptors (Lipinski definition) is 4. The van der Waals surface area contributed by atoms with Gasteiger partial charge in [-0.05, 0) is 25.8 Å². The molecule has 0 spiro atoms. The van der Waals surface area contributed by atoms with Crippen molar-refractivity contribution in [3.8, 4) is 0 Å². The summed E-state index contributed by atoms with van der Waals surface area (Å²) < 4.78 is 4.84. The molecule has 5 nitrogen and oxygen atoms in total. The molecule has 1 aromatic rings. The van der Waals surface area contributed by atoms with Crippen LogP contribution in [0.4, 0.5) is 5.00 Å². The minimum Gasteiger partial charge on any atom is -0.465 e. The third kappa shape index (κ3) is 4.32. The molecule has 23 heavy (non-hydrogen) atoms. The summed E-state index contributed by atoms with van der Waals surface area (Å²) >= 11 is 1.43. The van der Waals surface area contributed by atoms with Crippen LogP contribution in [0.2, 0.25) is 0 Å². The number of rotatable bonds is 4. The van der Waals surface area contributed by atoms with Crippen molar-refractivity contribution in [3.05, 3.63) is 16.0 Å². The first-order valence-electron chi connectivity index (χ1n) is 8.13. The standard InChI is InChI=1S/C17H26N2O3S/c1-10-6-11(2)8-19(7-10)9-14(20)18-16-15(17(21)22-5)12(3)13(4)23-16/h10-11H,6-9H2,1-5H3,(H,18,20)/p+1/t10-,11+. The van der Waals surface area contributed by atoms with Gasteiger partial charge in [0, 0.05) is 16.7 Å². The minimum absolute atomic E-state index is 0.0345. The molecule has 1 aliphatic heterocycles. The molecule has 1 aromatic heterocycles. The smallest absolute Gasteiger partial charge is 0.341 e. The van der Waals surface area contributed by atoms with Crippen LogP contribution in [-0.2, 0) is 9.53 Å². The first-order chi connectivity index (χ1) is 10.8. The largest absolute Gasteiger partial charge is 0.465 e. The number of carbonyl (C=O) groups is 2. The molecule has 0 radical (unpaired) electrons. The Morgan fingerprint density at radius 3 is 2.43 bits per heavy atom. The molecular weight excluding hydrogens is 312 g/mol. The Labute approximate surface area is 142 Å². The van der Waals surface area contributed by atoms with Crippen molar-refractivity contribution in [1.82, 2.24) is 0 Å². The van der Waals surface area contributed by atoms with Gasteiger partial charge in [0.15, 0.2) is 6.54 Å². The molecule has 0 bridgehead atoms. The summed E-state index contributed by atoms with van der Waals surface area (Å²) in [6.45, 7) is 10.8. The average molecular weight is 339 g/mol. The Morgan fingerprint density at radius 1 is 1.26 bits per heavy atom. The van der Waals surface area contributed by atoms with Crippen LogP contribution in [0.1, 0.15) is 41.1 Å². The van der Waals surface area contributed by atoms with Gasteiger partial charge in [0.25, 0.3) is 5.91 Å². The zero-order valence-electron chi connectivity index (χ0n) is 14.6. The molecule has 2 N–H and O–H groups in total. The van der Waals surface area contributed by atoms with E-state index in [9.17, 15) is 9.59 Å². The lowest BCUT2D eigenvalue weighted by Crippen LogP contribution is -3.15. The molecule has 128 valence electrons. The monoisotopic (exact) mass is 339 g/mol. The Balaban J connectivity index is 2.06. The zero-order chi connectivity index (χ0) is 17.1. The first-order valence-corrected chi connectivity index (χ1v) is 8.95. The third-order valence-electron chi connectivity index (χ3n) is 4.52. The van der Waals surface area contributed by atoms with Gasteiger partial charge >= 0.3 is 5.97 Å². The Kier molecular flexibility index (Phi) is 5.81. The lowest BCUT2D eigenvalue weighted by atomic mass is 9.92. The third-order valence-corrected chi connectivity index (χ3v) is 5.64. The van der Waals surface area contributed by atoms with Crippen molar-refractivity contribution in [2.24, 2.45) is 11.8 Å². The molecule has 2 rings (SSSR count). The van der Waals surface area contributed by atoms with Gasteiger partial charge in [0.05, 0.1) is 25.8 Å². The summed E-state index contributed by atoms with van der Waals surface area (Å²) in [4.78, 5) is 26.7. The molecular formula is C17H27N2O3S+. The minimum atomic E-state index is -0.394. The van der Waals surface area contributed by atoms with Crippen LogP contribution in [-0.4, -0.2) is 38.6 Å². The van der Waals surface area contributed by atoms with Crippen LogP contribution in [0.5, 0.6) is 0 Å². The van der Waals surface area contributed by atoms with Gasteiger partial charge in [0.1, 0.15) is 5.00 Å². The van der Waals surface area contributed by atoms with Gasteiger partial charge in [-0.1, -0.05) is 13.8 Å². The van der Waals surface area contributed by atoms with E-state index in [-0.39, 0.29) is 5.91 Å². The van der Waals surface area contributed by atoms with E-state index in [1.165, 1.54) is 29.8 Å². The van der Waals surface area contributed by atoms with Crippen molar-refractivity contribution >= 4 is 28.2 Å². The maximum Gasteiger partial charge on any atom is 0.341 e. The quantitative estimate of drug-likeness (QED) is 0.820. The number of methoxy groups -OCH3 is 1. The Bertz CT molecular complexity index is 587. The number of carbonyl (C=O) groups excluding carboxylic acids is 2. The second kappa shape index (κ2) is 7.45. The van der Waals surface area contributed by atoms with Crippen LogP contribution in [0.15, 0.2) is 0 Å². The number of amides is 1. The molecule has 0 aromatic carbocycles. The van der Waals surface area contributed by atoms with Crippen molar-refractivity contribution < 1.29 is 19.2 Å². The number of thiophene rings is 1. The van der Waals surface area contributed by atoms with Crippen LogP contribution in [0.25, 0.3) is 0 Å². The van der Waals surface area contributed by atoms with E-state index in [1.54, 1.807) is 0 Å². The Hall–Kier alpha value is -1.40. The second-order valence-electron chi connectivity index (χ2n) is 6.81. The number of likely N-dealkylation sites (tertiary alicyclic amines) is 1. The molecule has 2 heterocycles. The summed E-state index contributed by atoms with van der Waals surface area (Å²) in [5.41, 5.74) is 1.36. The maximum atomic E-state index is 12.4. The molecule has 0 saturated carbocycles. The topological polar surface area (TPSA) is 59.8 Å². The summed E-state index contributed by atoms with van der Waals surface area (Å²) in [6.07, 6.45) is 1.24. The molecule has 6 heteroatoms. The second-order valence-corrected chi connectivity index (χ2v) is 8.03. The number of hydrogen-bond donors (Lipinski definition) is 2. The summed E-state index contributed by atoms with van der Waals surface area (Å²) in [6, 6.07) is 0. The SMILES string of the molecule is COC(=O)c1c(NC(=O)C[NH+]2C[C@H](C)C[C@H](C)C2)sc(C)c1C. The predicted molar refractivity (Wildman–Crippen MR) is 92.3 cm³/mol. The first kappa shape index (κ1) is 17.9. The van der Waals surface area contributed by atoms with E-state index in [2.05, 4.69) is 19.2 Å². The van der Waals surface area contributed by atoms with E-state index in [0.29, 0.717) is 28.9 Å². The van der Waals surface area contributed by atoms with E-state index >= 15 is 0 Å². The summed E-state index contributed by atoms with van der Waals surface area (Å²) in [5.74, 6) is 0.874. The average Bonchev–Trinajstić information content (AvgIpc) is 2.71. The Morgan fingerprint density at radius 2 is 1.87 bits per heavy atom. The van der Waals surface area contributed by atoms with Crippen LogP contribution < -0.4 is 10.2 Å². The number of quaternary nitrogens is 1.